The lowest BCUT2D eigenvalue weighted by Gasteiger charge is -2.28. The van der Waals surface area contributed by atoms with Gasteiger partial charge in [-0.05, 0) is 31.4 Å². The van der Waals surface area contributed by atoms with Crippen LogP contribution in [0.1, 0.15) is 19.3 Å². The first-order valence-corrected chi connectivity index (χ1v) is 5.77. The number of para-hydroxylation sites is 2. The fraction of sp³-hybridized carbons (Fsp3) is 0.462. The van der Waals surface area contributed by atoms with Crippen molar-refractivity contribution in [3.05, 3.63) is 24.3 Å². The fourth-order valence-corrected chi connectivity index (χ4v) is 2.94. The average Bonchev–Trinajstić information content (AvgIpc) is 2.89. The van der Waals surface area contributed by atoms with Gasteiger partial charge in [0.05, 0.1) is 12.8 Å². The van der Waals surface area contributed by atoms with Crippen molar-refractivity contribution in [3.8, 4) is 5.75 Å². The summed E-state index contributed by atoms with van der Waals surface area (Å²) in [5.74, 6) is 1.33. The van der Waals surface area contributed by atoms with Gasteiger partial charge in [0.15, 0.2) is 0 Å². The van der Waals surface area contributed by atoms with E-state index in [-0.39, 0.29) is 11.8 Å². The maximum absolute atomic E-state index is 12.1. The van der Waals surface area contributed by atoms with Gasteiger partial charge in [0.25, 0.3) is 0 Å². The molecule has 1 amide bonds. The normalized spacial score (nSPS) is 27.6. The van der Waals surface area contributed by atoms with Crippen LogP contribution in [0.5, 0.6) is 5.75 Å². The minimum Gasteiger partial charge on any atom is -0.495 e. The van der Waals surface area contributed by atoms with Gasteiger partial charge < -0.3 is 9.64 Å². The monoisotopic (exact) mass is 217 g/mol. The molecule has 1 saturated heterocycles. The maximum Gasteiger partial charge on any atom is 0.230 e. The number of carbonyl (C=O) groups is 1. The molecule has 0 aromatic heterocycles. The van der Waals surface area contributed by atoms with Crippen LogP contribution >= 0.6 is 0 Å². The van der Waals surface area contributed by atoms with E-state index in [4.69, 9.17) is 4.74 Å². The highest BCUT2D eigenvalue weighted by Crippen LogP contribution is 2.43. The summed E-state index contributed by atoms with van der Waals surface area (Å²) < 4.78 is 5.32. The number of rotatable bonds is 2. The summed E-state index contributed by atoms with van der Waals surface area (Å²) in [5.41, 5.74) is 0.933. The van der Waals surface area contributed by atoms with E-state index in [2.05, 4.69) is 0 Å². The predicted octanol–water partition coefficient (Wildman–Crippen LogP) is 2.21. The molecule has 2 unspecified atom stereocenters. The second-order valence-electron chi connectivity index (χ2n) is 4.54. The molecule has 1 aliphatic carbocycles. The standard InChI is InChI=1S/C13H15NO2/c1-16-12-5-3-2-4-11(12)14-10-7-6-9(8-10)13(14)15/h2-5,9-10H,6-8H2,1H3. The minimum absolute atomic E-state index is 0.259. The van der Waals surface area contributed by atoms with E-state index < -0.39 is 0 Å². The van der Waals surface area contributed by atoms with E-state index in [1.54, 1.807) is 7.11 Å². The average molecular weight is 217 g/mol. The van der Waals surface area contributed by atoms with Gasteiger partial charge in [-0.1, -0.05) is 12.1 Å². The molecular weight excluding hydrogens is 202 g/mol. The van der Waals surface area contributed by atoms with Crippen molar-refractivity contribution in [1.29, 1.82) is 0 Å². The second-order valence-corrected chi connectivity index (χ2v) is 4.54. The summed E-state index contributed by atoms with van der Waals surface area (Å²) in [6.45, 7) is 0. The third kappa shape index (κ3) is 1.24. The Morgan fingerprint density at radius 3 is 2.81 bits per heavy atom. The molecule has 0 spiro atoms. The molecule has 0 N–H and O–H groups in total. The zero-order valence-electron chi connectivity index (χ0n) is 9.35. The second kappa shape index (κ2) is 3.51. The van der Waals surface area contributed by atoms with Crippen LogP contribution in [0.25, 0.3) is 0 Å². The highest BCUT2D eigenvalue weighted by molar-refractivity contribution is 6.00. The zero-order valence-corrected chi connectivity index (χ0v) is 9.35. The SMILES string of the molecule is COc1ccccc1N1C(=O)C2CCC1C2. The molecule has 1 aliphatic heterocycles. The molecule has 1 aromatic rings. The quantitative estimate of drug-likeness (QED) is 0.760. The number of fused-ring (bicyclic) bond motifs is 2. The number of nitrogens with zero attached hydrogens (tertiary/aromatic N) is 1. The third-order valence-electron chi connectivity index (χ3n) is 3.70. The summed E-state index contributed by atoms with van der Waals surface area (Å²) in [5, 5.41) is 0. The van der Waals surface area contributed by atoms with Gasteiger partial charge in [0.1, 0.15) is 5.75 Å². The third-order valence-corrected chi connectivity index (χ3v) is 3.70. The van der Waals surface area contributed by atoms with Crippen LogP contribution in [-0.4, -0.2) is 19.1 Å². The van der Waals surface area contributed by atoms with Crippen molar-refractivity contribution in [2.45, 2.75) is 25.3 Å². The molecule has 3 heteroatoms. The Morgan fingerprint density at radius 2 is 2.12 bits per heavy atom. The number of anilines is 1. The van der Waals surface area contributed by atoms with Gasteiger partial charge in [-0.15, -0.1) is 0 Å². The Bertz CT molecular complexity index is 430. The van der Waals surface area contributed by atoms with Crippen molar-refractivity contribution >= 4 is 11.6 Å². The molecule has 16 heavy (non-hydrogen) atoms. The largest absolute Gasteiger partial charge is 0.495 e. The lowest BCUT2D eigenvalue weighted by atomic mass is 10.1. The van der Waals surface area contributed by atoms with Crippen molar-refractivity contribution < 1.29 is 9.53 Å². The van der Waals surface area contributed by atoms with Crippen molar-refractivity contribution in [3.63, 3.8) is 0 Å². The lowest BCUT2D eigenvalue weighted by Crippen LogP contribution is -2.37. The first-order chi connectivity index (χ1) is 7.81. The summed E-state index contributed by atoms with van der Waals surface area (Å²) in [4.78, 5) is 14.0. The number of benzene rings is 1. The topological polar surface area (TPSA) is 29.5 Å². The molecule has 3 nitrogen and oxygen atoms in total. The van der Waals surface area contributed by atoms with Crippen LogP contribution in [0.4, 0.5) is 5.69 Å². The fourth-order valence-electron chi connectivity index (χ4n) is 2.94. The van der Waals surface area contributed by atoms with Crippen molar-refractivity contribution in [1.82, 2.24) is 0 Å². The summed E-state index contributed by atoms with van der Waals surface area (Å²) in [6, 6.07) is 8.17. The Labute approximate surface area is 95.0 Å². The highest BCUT2D eigenvalue weighted by atomic mass is 16.5. The zero-order chi connectivity index (χ0) is 11.1. The van der Waals surface area contributed by atoms with Crippen LogP contribution in [0.3, 0.4) is 0 Å². The van der Waals surface area contributed by atoms with Gasteiger partial charge in [-0.3, -0.25) is 4.79 Å². The molecular formula is C13H15NO2. The van der Waals surface area contributed by atoms with Crippen LogP contribution in [0.2, 0.25) is 0 Å². The Hall–Kier alpha value is -1.51. The van der Waals surface area contributed by atoms with E-state index in [9.17, 15) is 4.79 Å². The molecule has 0 radical (unpaired) electrons. The Balaban J connectivity index is 2.01. The molecule has 84 valence electrons. The van der Waals surface area contributed by atoms with Crippen LogP contribution in [0, 0.1) is 5.92 Å². The van der Waals surface area contributed by atoms with E-state index >= 15 is 0 Å². The molecule has 2 aliphatic rings. The summed E-state index contributed by atoms with van der Waals surface area (Å²) >= 11 is 0. The lowest BCUT2D eigenvalue weighted by molar-refractivity contribution is -0.121. The van der Waals surface area contributed by atoms with Crippen molar-refractivity contribution in [2.24, 2.45) is 5.92 Å². The molecule has 1 saturated carbocycles. The molecule has 2 bridgehead atoms. The number of piperidine rings is 1. The molecule has 3 rings (SSSR count). The Morgan fingerprint density at radius 1 is 1.31 bits per heavy atom. The van der Waals surface area contributed by atoms with Gasteiger partial charge in [-0.25, -0.2) is 0 Å². The number of amides is 1. The van der Waals surface area contributed by atoms with Crippen molar-refractivity contribution in [2.75, 3.05) is 12.0 Å². The number of carbonyl (C=O) groups excluding carboxylic acids is 1. The van der Waals surface area contributed by atoms with E-state index in [1.807, 2.05) is 29.2 Å². The van der Waals surface area contributed by atoms with Gasteiger partial charge >= 0.3 is 0 Å². The molecule has 1 heterocycles. The summed E-state index contributed by atoms with van der Waals surface area (Å²) in [6.07, 6.45) is 3.22. The number of ether oxygens (including phenoxy) is 1. The first kappa shape index (κ1) is 9.70. The van der Waals surface area contributed by atoms with Gasteiger partial charge in [-0.2, -0.15) is 0 Å². The van der Waals surface area contributed by atoms with E-state index in [0.717, 1.165) is 30.7 Å². The van der Waals surface area contributed by atoms with Crippen LogP contribution < -0.4 is 9.64 Å². The summed E-state index contributed by atoms with van der Waals surface area (Å²) in [7, 11) is 1.65. The van der Waals surface area contributed by atoms with Gasteiger partial charge in [0, 0.05) is 12.0 Å². The van der Waals surface area contributed by atoms with Gasteiger partial charge in [0.2, 0.25) is 5.91 Å². The van der Waals surface area contributed by atoms with Crippen LogP contribution in [0.15, 0.2) is 24.3 Å². The minimum atomic E-state index is 0.259. The smallest absolute Gasteiger partial charge is 0.230 e. The number of methoxy groups -OCH3 is 1. The van der Waals surface area contributed by atoms with E-state index in [0.29, 0.717) is 6.04 Å². The maximum atomic E-state index is 12.1. The number of hydrogen-bond acceptors (Lipinski definition) is 2. The molecule has 2 fully saturated rings. The number of hydrogen-bond donors (Lipinski definition) is 0. The van der Waals surface area contributed by atoms with Crippen LogP contribution in [-0.2, 0) is 4.79 Å². The predicted molar refractivity (Wildman–Crippen MR) is 61.6 cm³/mol. The Kier molecular flexibility index (Phi) is 2.13. The highest BCUT2D eigenvalue weighted by Gasteiger charge is 2.45. The first-order valence-electron chi connectivity index (χ1n) is 5.77. The molecule has 2 atom stereocenters. The van der Waals surface area contributed by atoms with E-state index in [1.165, 1.54) is 0 Å². The molecule has 1 aromatic carbocycles.